The van der Waals surface area contributed by atoms with Gasteiger partial charge in [-0.05, 0) is 16.9 Å². The van der Waals surface area contributed by atoms with Gasteiger partial charge in [0, 0.05) is 17.7 Å². The lowest BCUT2D eigenvalue weighted by atomic mass is 10.0. The first-order valence-corrected chi connectivity index (χ1v) is 5.99. The molecule has 0 bridgehead atoms. The Morgan fingerprint density at radius 2 is 1.82 bits per heavy atom. The van der Waals surface area contributed by atoms with Gasteiger partial charge in [0.1, 0.15) is 5.75 Å². The summed E-state index contributed by atoms with van der Waals surface area (Å²) in [7, 11) is 1.61. The summed E-state index contributed by atoms with van der Waals surface area (Å²) in [5.41, 5.74) is 1.17. The number of hydrogen-bond donors (Lipinski definition) is 1. The molecule has 1 heterocycles. The van der Waals surface area contributed by atoms with Gasteiger partial charge in [0.2, 0.25) is 0 Å². The van der Waals surface area contributed by atoms with E-state index in [1.54, 1.807) is 19.5 Å². The number of aliphatic hydroxyl groups excluding tert-OH is 1. The van der Waals surface area contributed by atoms with Crippen molar-refractivity contribution in [1.82, 2.24) is 4.98 Å². The minimum atomic E-state index is -0.470. The molecule has 1 aromatic rings. The molecule has 1 unspecified atom stereocenters. The second-order valence-electron chi connectivity index (χ2n) is 6.02. The van der Waals surface area contributed by atoms with Crippen LogP contribution >= 0.6 is 0 Å². The van der Waals surface area contributed by atoms with Crippen molar-refractivity contribution in [1.29, 1.82) is 0 Å². The minimum Gasteiger partial charge on any atom is -0.495 e. The molecule has 3 heteroatoms. The summed E-state index contributed by atoms with van der Waals surface area (Å²) in [4.78, 5) is 4.10. The molecule has 1 atom stereocenters. The fourth-order valence-corrected chi connectivity index (χ4v) is 2.94. The number of rotatable bonds is 3. The van der Waals surface area contributed by atoms with E-state index in [0.717, 1.165) is 5.56 Å². The van der Waals surface area contributed by atoms with E-state index in [1.807, 2.05) is 6.07 Å². The van der Waals surface area contributed by atoms with Crippen molar-refractivity contribution in [3.05, 3.63) is 24.0 Å². The van der Waals surface area contributed by atoms with Gasteiger partial charge < -0.3 is 9.84 Å². The van der Waals surface area contributed by atoms with Crippen LogP contribution < -0.4 is 4.74 Å². The average molecular weight is 235 g/mol. The molecule has 1 N–H and O–H groups in total. The molecule has 0 saturated heterocycles. The molecule has 0 amide bonds. The Morgan fingerprint density at radius 1 is 1.24 bits per heavy atom. The van der Waals surface area contributed by atoms with Crippen LogP contribution in [0.3, 0.4) is 0 Å². The largest absolute Gasteiger partial charge is 0.495 e. The molecule has 3 nitrogen and oxygen atoms in total. The maximum Gasteiger partial charge on any atom is 0.137 e. The van der Waals surface area contributed by atoms with Crippen molar-refractivity contribution in [2.75, 3.05) is 7.11 Å². The first kappa shape index (κ1) is 12.4. The topological polar surface area (TPSA) is 42.4 Å². The van der Waals surface area contributed by atoms with Crippen LogP contribution in [0.1, 0.15) is 39.4 Å². The fraction of sp³-hybridized carbons (Fsp3) is 0.643. The number of methoxy groups -OCH3 is 1. The molecule has 2 rings (SSSR count). The number of aromatic nitrogens is 1. The first-order chi connectivity index (χ1) is 7.82. The van der Waals surface area contributed by atoms with Crippen molar-refractivity contribution in [3.63, 3.8) is 0 Å². The Balaban J connectivity index is 2.24. The zero-order valence-electron chi connectivity index (χ0n) is 11.2. The van der Waals surface area contributed by atoms with Crippen LogP contribution in [0.4, 0.5) is 0 Å². The third-order valence-electron chi connectivity index (χ3n) is 4.76. The zero-order chi connectivity index (χ0) is 12.8. The maximum absolute atomic E-state index is 10.5. The molecular formula is C14H21NO2. The number of pyridine rings is 1. The molecule has 94 valence electrons. The Kier molecular flexibility index (Phi) is 2.69. The molecule has 0 spiro atoms. The predicted octanol–water partition coefficient (Wildman–Crippen LogP) is 2.81. The summed E-state index contributed by atoms with van der Waals surface area (Å²) < 4.78 is 5.14. The van der Waals surface area contributed by atoms with E-state index < -0.39 is 6.10 Å². The van der Waals surface area contributed by atoms with Crippen LogP contribution in [-0.4, -0.2) is 17.2 Å². The van der Waals surface area contributed by atoms with Crippen molar-refractivity contribution < 1.29 is 9.84 Å². The Labute approximate surface area is 103 Å². The highest BCUT2D eigenvalue weighted by molar-refractivity contribution is 5.29. The van der Waals surface area contributed by atoms with Crippen LogP contribution in [0.2, 0.25) is 0 Å². The lowest BCUT2D eigenvalue weighted by Crippen LogP contribution is -2.06. The van der Waals surface area contributed by atoms with Crippen molar-refractivity contribution >= 4 is 0 Å². The minimum absolute atomic E-state index is 0.162. The zero-order valence-corrected chi connectivity index (χ0v) is 11.2. The van der Waals surface area contributed by atoms with Crippen LogP contribution in [-0.2, 0) is 0 Å². The highest BCUT2D eigenvalue weighted by Gasteiger charge is 2.67. The third-order valence-corrected chi connectivity index (χ3v) is 4.76. The predicted molar refractivity (Wildman–Crippen MR) is 66.8 cm³/mol. The van der Waals surface area contributed by atoms with Gasteiger partial charge in [-0.2, -0.15) is 0 Å². The fourth-order valence-electron chi connectivity index (χ4n) is 2.94. The van der Waals surface area contributed by atoms with Gasteiger partial charge >= 0.3 is 0 Å². The van der Waals surface area contributed by atoms with E-state index in [0.29, 0.717) is 5.75 Å². The molecule has 17 heavy (non-hydrogen) atoms. The van der Waals surface area contributed by atoms with E-state index in [1.165, 1.54) is 0 Å². The number of aliphatic hydroxyl groups is 1. The average Bonchev–Trinajstić information content (AvgIpc) is 2.69. The maximum atomic E-state index is 10.5. The van der Waals surface area contributed by atoms with Gasteiger partial charge in [-0.15, -0.1) is 0 Å². The molecule has 1 saturated carbocycles. The number of nitrogens with zero attached hydrogens (tertiary/aromatic N) is 1. The van der Waals surface area contributed by atoms with E-state index in [9.17, 15) is 5.11 Å². The highest BCUT2D eigenvalue weighted by Crippen LogP contribution is 2.72. The number of ether oxygens (including phenoxy) is 1. The normalized spacial score (nSPS) is 23.2. The SMILES string of the molecule is COc1cncc(C(O)C2C(C)(C)C2(C)C)c1. The van der Waals surface area contributed by atoms with Crippen molar-refractivity contribution in [2.24, 2.45) is 16.7 Å². The van der Waals surface area contributed by atoms with Crippen molar-refractivity contribution in [2.45, 2.75) is 33.8 Å². The molecule has 0 radical (unpaired) electrons. The van der Waals surface area contributed by atoms with Gasteiger partial charge in [0.05, 0.1) is 19.4 Å². The molecule has 1 aliphatic carbocycles. The summed E-state index contributed by atoms with van der Waals surface area (Å²) in [5.74, 6) is 0.960. The van der Waals surface area contributed by atoms with Crippen LogP contribution in [0.25, 0.3) is 0 Å². The molecule has 1 aromatic heterocycles. The Bertz CT molecular complexity index is 412. The van der Waals surface area contributed by atoms with Crippen LogP contribution in [0, 0.1) is 16.7 Å². The molecule has 0 aliphatic heterocycles. The molecule has 0 aromatic carbocycles. The van der Waals surface area contributed by atoms with Crippen molar-refractivity contribution in [3.8, 4) is 5.75 Å². The molecule has 1 fully saturated rings. The van der Waals surface area contributed by atoms with Gasteiger partial charge in [-0.1, -0.05) is 27.7 Å². The highest BCUT2D eigenvalue weighted by atomic mass is 16.5. The van der Waals surface area contributed by atoms with Crippen LogP contribution in [0.5, 0.6) is 5.75 Å². The molecular weight excluding hydrogens is 214 g/mol. The van der Waals surface area contributed by atoms with Crippen LogP contribution in [0.15, 0.2) is 18.5 Å². The monoisotopic (exact) mass is 235 g/mol. The quantitative estimate of drug-likeness (QED) is 0.876. The summed E-state index contributed by atoms with van der Waals surface area (Å²) in [6.45, 7) is 8.81. The number of hydrogen-bond acceptors (Lipinski definition) is 3. The van der Waals surface area contributed by atoms with Gasteiger partial charge in [0.25, 0.3) is 0 Å². The van der Waals surface area contributed by atoms with E-state index >= 15 is 0 Å². The second-order valence-corrected chi connectivity index (χ2v) is 6.02. The van der Waals surface area contributed by atoms with E-state index in [4.69, 9.17) is 4.74 Å². The lowest BCUT2D eigenvalue weighted by molar-refractivity contribution is 0.130. The summed E-state index contributed by atoms with van der Waals surface area (Å²) in [6.07, 6.45) is 2.90. The lowest BCUT2D eigenvalue weighted by Gasteiger charge is -2.13. The Morgan fingerprint density at radius 3 is 2.29 bits per heavy atom. The first-order valence-electron chi connectivity index (χ1n) is 5.99. The van der Waals surface area contributed by atoms with E-state index in [-0.39, 0.29) is 16.7 Å². The van der Waals surface area contributed by atoms with Gasteiger partial charge in [-0.25, -0.2) is 0 Å². The van der Waals surface area contributed by atoms with E-state index in [2.05, 4.69) is 32.7 Å². The Hall–Kier alpha value is -1.09. The summed E-state index contributed by atoms with van der Waals surface area (Å²) in [6, 6.07) is 1.86. The second kappa shape index (κ2) is 3.70. The summed E-state index contributed by atoms with van der Waals surface area (Å²) >= 11 is 0. The van der Waals surface area contributed by atoms with Gasteiger partial charge in [-0.3, -0.25) is 4.98 Å². The third kappa shape index (κ3) is 1.73. The summed E-state index contributed by atoms with van der Waals surface area (Å²) in [5, 5.41) is 10.5. The van der Waals surface area contributed by atoms with Gasteiger partial charge in [0.15, 0.2) is 0 Å². The smallest absolute Gasteiger partial charge is 0.137 e. The standard InChI is InChI=1S/C14H21NO2/c1-13(2)12(14(13,3)4)11(16)9-6-10(17-5)8-15-7-9/h6-8,11-12,16H,1-5H3. The molecule has 1 aliphatic rings.